The van der Waals surface area contributed by atoms with Gasteiger partial charge in [-0.2, -0.15) is 0 Å². The Labute approximate surface area is 196 Å². The van der Waals surface area contributed by atoms with Crippen molar-refractivity contribution < 1.29 is 24.2 Å². The van der Waals surface area contributed by atoms with E-state index in [0.717, 1.165) is 22.3 Å². The smallest absolute Gasteiger partial charge is 0.407 e. The van der Waals surface area contributed by atoms with Crippen molar-refractivity contribution >= 4 is 18.0 Å². The molecule has 9 heteroatoms. The molecule has 0 saturated carbocycles. The number of aromatic nitrogens is 2. The van der Waals surface area contributed by atoms with Gasteiger partial charge in [0.25, 0.3) is 0 Å². The number of rotatable bonds is 8. The number of carboxylic acids is 1. The van der Waals surface area contributed by atoms with E-state index >= 15 is 0 Å². The van der Waals surface area contributed by atoms with Crippen molar-refractivity contribution in [3.63, 3.8) is 0 Å². The van der Waals surface area contributed by atoms with Crippen molar-refractivity contribution in [3.05, 3.63) is 83.4 Å². The topological polar surface area (TPSA) is 131 Å². The average molecular weight is 460 g/mol. The van der Waals surface area contributed by atoms with E-state index in [1.807, 2.05) is 48.5 Å². The zero-order valence-corrected chi connectivity index (χ0v) is 18.5. The zero-order valence-electron chi connectivity index (χ0n) is 18.5. The second-order valence-corrected chi connectivity index (χ2v) is 7.93. The molecule has 1 heterocycles. The Hall–Kier alpha value is -4.27. The summed E-state index contributed by atoms with van der Waals surface area (Å²) in [7, 11) is 0. The Bertz CT molecular complexity index is 1180. The fraction of sp³-hybridized carbons (Fsp3) is 0.240. The van der Waals surface area contributed by atoms with Crippen LogP contribution in [0.3, 0.4) is 0 Å². The van der Waals surface area contributed by atoms with Crippen molar-refractivity contribution in [2.45, 2.75) is 31.8 Å². The molecule has 2 aromatic carbocycles. The lowest BCUT2D eigenvalue weighted by molar-refractivity contribution is -0.139. The van der Waals surface area contributed by atoms with Crippen LogP contribution >= 0.6 is 0 Å². The van der Waals surface area contributed by atoms with Crippen LogP contribution in [0.2, 0.25) is 0 Å². The summed E-state index contributed by atoms with van der Waals surface area (Å²) in [4.78, 5) is 44.6. The minimum absolute atomic E-state index is 0.0556. The standard InChI is InChI=1S/C25H24N4O5/c1-15-22(27-11-10-26-15)13-28-24(32)21(12-23(30)31)29-25(33)34-14-20-18-8-4-2-6-16(18)17-7-3-5-9-19(17)20/h2-11,20-21H,12-14H2,1H3,(H,28,32)(H,29,33)(H,30,31). The van der Waals surface area contributed by atoms with Gasteiger partial charge in [-0.3, -0.25) is 19.6 Å². The number of benzene rings is 2. The first-order chi connectivity index (χ1) is 16.4. The Balaban J connectivity index is 1.39. The molecule has 0 fully saturated rings. The number of hydrogen-bond acceptors (Lipinski definition) is 6. The molecule has 1 aliphatic carbocycles. The van der Waals surface area contributed by atoms with E-state index < -0.39 is 30.4 Å². The largest absolute Gasteiger partial charge is 0.481 e. The Kier molecular flexibility index (Phi) is 6.82. The molecule has 3 N–H and O–H groups in total. The number of ether oxygens (including phenoxy) is 1. The molecule has 2 amide bonds. The van der Waals surface area contributed by atoms with Crippen LogP contribution in [0.25, 0.3) is 11.1 Å². The second kappa shape index (κ2) is 10.1. The van der Waals surface area contributed by atoms with E-state index in [-0.39, 0.29) is 19.1 Å². The molecular weight excluding hydrogens is 436 g/mol. The van der Waals surface area contributed by atoms with Crippen LogP contribution in [0.1, 0.15) is 34.9 Å². The number of hydrogen-bond donors (Lipinski definition) is 3. The van der Waals surface area contributed by atoms with Crippen molar-refractivity contribution in [1.29, 1.82) is 0 Å². The molecule has 4 rings (SSSR count). The van der Waals surface area contributed by atoms with Gasteiger partial charge in [-0.15, -0.1) is 0 Å². The Morgan fingerprint density at radius 3 is 2.24 bits per heavy atom. The number of nitrogens with one attached hydrogen (secondary N) is 2. The van der Waals surface area contributed by atoms with Crippen molar-refractivity contribution in [3.8, 4) is 11.1 Å². The van der Waals surface area contributed by atoms with Crippen LogP contribution in [-0.2, 0) is 20.9 Å². The highest BCUT2D eigenvalue weighted by Gasteiger charge is 2.30. The quantitative estimate of drug-likeness (QED) is 0.471. The molecule has 34 heavy (non-hydrogen) atoms. The van der Waals surface area contributed by atoms with E-state index in [1.165, 1.54) is 12.4 Å². The predicted molar refractivity (Wildman–Crippen MR) is 123 cm³/mol. The van der Waals surface area contributed by atoms with Crippen LogP contribution in [-0.4, -0.2) is 45.7 Å². The fourth-order valence-electron chi connectivity index (χ4n) is 4.07. The van der Waals surface area contributed by atoms with Crippen LogP contribution in [0.15, 0.2) is 60.9 Å². The summed E-state index contributed by atoms with van der Waals surface area (Å²) in [5.74, 6) is -2.03. The summed E-state index contributed by atoms with van der Waals surface area (Å²) in [5, 5.41) is 14.2. The van der Waals surface area contributed by atoms with E-state index in [4.69, 9.17) is 4.74 Å². The SMILES string of the molecule is Cc1nccnc1CNC(=O)C(CC(=O)O)NC(=O)OCC1c2ccccc2-c2ccccc21. The number of carbonyl (C=O) groups is 3. The maximum absolute atomic E-state index is 12.6. The van der Waals surface area contributed by atoms with Gasteiger partial charge in [0.2, 0.25) is 5.91 Å². The van der Waals surface area contributed by atoms with E-state index in [0.29, 0.717) is 11.4 Å². The number of amides is 2. The van der Waals surface area contributed by atoms with E-state index in [9.17, 15) is 19.5 Å². The number of alkyl carbamates (subject to hydrolysis) is 1. The minimum Gasteiger partial charge on any atom is -0.481 e. The molecule has 9 nitrogen and oxygen atoms in total. The second-order valence-electron chi connectivity index (χ2n) is 7.93. The average Bonchev–Trinajstić information content (AvgIpc) is 3.15. The first-order valence-electron chi connectivity index (χ1n) is 10.8. The van der Waals surface area contributed by atoms with Gasteiger partial charge < -0.3 is 20.5 Å². The molecular formula is C25H24N4O5. The van der Waals surface area contributed by atoms with Crippen molar-refractivity contribution in [2.75, 3.05) is 6.61 Å². The van der Waals surface area contributed by atoms with Crippen LogP contribution in [0, 0.1) is 6.92 Å². The maximum Gasteiger partial charge on any atom is 0.407 e. The van der Waals surface area contributed by atoms with Crippen molar-refractivity contribution in [1.82, 2.24) is 20.6 Å². The number of carboxylic acid groups (broad SMARTS) is 1. The number of aliphatic carboxylic acids is 1. The van der Waals surface area contributed by atoms with Gasteiger partial charge in [-0.25, -0.2) is 4.79 Å². The highest BCUT2D eigenvalue weighted by Crippen LogP contribution is 2.44. The molecule has 0 saturated heterocycles. The first-order valence-corrected chi connectivity index (χ1v) is 10.8. The summed E-state index contributed by atoms with van der Waals surface area (Å²) in [6.07, 6.45) is 1.58. The molecule has 1 aromatic heterocycles. The lowest BCUT2D eigenvalue weighted by atomic mass is 9.98. The third-order valence-corrected chi connectivity index (χ3v) is 5.74. The normalized spacial score (nSPS) is 12.9. The molecule has 174 valence electrons. The van der Waals surface area contributed by atoms with E-state index in [2.05, 4.69) is 20.6 Å². The van der Waals surface area contributed by atoms with Crippen molar-refractivity contribution in [2.24, 2.45) is 0 Å². The highest BCUT2D eigenvalue weighted by atomic mass is 16.5. The fourth-order valence-corrected chi connectivity index (χ4v) is 4.07. The molecule has 0 aliphatic heterocycles. The number of fused-ring (bicyclic) bond motifs is 3. The van der Waals surface area contributed by atoms with E-state index in [1.54, 1.807) is 6.92 Å². The molecule has 0 spiro atoms. The number of nitrogens with zero attached hydrogens (tertiary/aromatic N) is 2. The highest BCUT2D eigenvalue weighted by molar-refractivity contribution is 5.89. The molecule has 0 radical (unpaired) electrons. The monoisotopic (exact) mass is 460 g/mol. The van der Waals surface area contributed by atoms with Gasteiger partial charge in [-0.05, 0) is 29.2 Å². The van der Waals surface area contributed by atoms with Gasteiger partial charge in [0.15, 0.2) is 0 Å². The third kappa shape index (κ3) is 5.03. The summed E-state index contributed by atoms with van der Waals surface area (Å²) in [6.45, 7) is 1.86. The summed E-state index contributed by atoms with van der Waals surface area (Å²) >= 11 is 0. The van der Waals surface area contributed by atoms with Crippen LogP contribution in [0.5, 0.6) is 0 Å². The minimum atomic E-state index is -1.30. The summed E-state index contributed by atoms with van der Waals surface area (Å²) in [6, 6.07) is 14.5. The first kappa shape index (κ1) is 22.9. The Morgan fingerprint density at radius 1 is 1.00 bits per heavy atom. The summed E-state index contributed by atoms with van der Waals surface area (Å²) < 4.78 is 5.44. The molecule has 1 aliphatic rings. The number of aryl methyl sites for hydroxylation is 1. The van der Waals surface area contributed by atoms with Crippen LogP contribution < -0.4 is 10.6 Å². The van der Waals surface area contributed by atoms with Gasteiger partial charge in [0.1, 0.15) is 12.6 Å². The van der Waals surface area contributed by atoms with Gasteiger partial charge in [-0.1, -0.05) is 48.5 Å². The lowest BCUT2D eigenvalue weighted by Crippen LogP contribution is -2.48. The van der Waals surface area contributed by atoms with Gasteiger partial charge >= 0.3 is 12.1 Å². The summed E-state index contributed by atoms with van der Waals surface area (Å²) in [5.41, 5.74) is 5.48. The predicted octanol–water partition coefficient (Wildman–Crippen LogP) is 2.78. The molecule has 0 bridgehead atoms. The lowest BCUT2D eigenvalue weighted by Gasteiger charge is -2.19. The van der Waals surface area contributed by atoms with Gasteiger partial charge in [0.05, 0.1) is 24.4 Å². The molecule has 3 aromatic rings. The molecule has 1 unspecified atom stereocenters. The van der Waals surface area contributed by atoms with Crippen LogP contribution in [0.4, 0.5) is 4.79 Å². The Morgan fingerprint density at radius 2 is 1.62 bits per heavy atom. The zero-order chi connectivity index (χ0) is 24.1. The third-order valence-electron chi connectivity index (χ3n) is 5.74. The number of carbonyl (C=O) groups excluding carboxylic acids is 2. The maximum atomic E-state index is 12.6. The van der Waals surface area contributed by atoms with Gasteiger partial charge in [0, 0.05) is 18.3 Å². The molecule has 1 atom stereocenters.